The fourth-order valence-electron chi connectivity index (χ4n) is 2.19. The molecule has 3 N–H and O–H groups in total. The lowest BCUT2D eigenvalue weighted by Crippen LogP contribution is -2.35. The van der Waals surface area contributed by atoms with Gasteiger partial charge in [0.05, 0.1) is 12.7 Å². The zero-order valence-corrected chi connectivity index (χ0v) is 17.3. The van der Waals surface area contributed by atoms with E-state index in [1.807, 2.05) is 14.0 Å². The van der Waals surface area contributed by atoms with Crippen LogP contribution >= 0.6 is 0 Å². The molecule has 0 rings (SSSR count). The van der Waals surface area contributed by atoms with Crippen molar-refractivity contribution in [1.29, 1.82) is 0 Å². The van der Waals surface area contributed by atoms with Crippen LogP contribution in [0.1, 0.15) is 26.2 Å². The number of ether oxygens (including phenoxy) is 3. The normalized spacial score (nSPS) is 12.8. The molecule has 8 heteroatoms. The van der Waals surface area contributed by atoms with Crippen molar-refractivity contribution in [2.75, 3.05) is 53.1 Å². The molecular weight excluding hydrogens is 362 g/mol. The van der Waals surface area contributed by atoms with E-state index in [2.05, 4.69) is 29.1 Å². The van der Waals surface area contributed by atoms with E-state index in [4.69, 9.17) is 14.2 Å². The summed E-state index contributed by atoms with van der Waals surface area (Å²) >= 11 is 0. The van der Waals surface area contributed by atoms with Crippen molar-refractivity contribution < 1.29 is 23.8 Å². The van der Waals surface area contributed by atoms with Gasteiger partial charge in [0.2, 0.25) is 11.8 Å². The summed E-state index contributed by atoms with van der Waals surface area (Å²) in [5.41, 5.74) is 0. The number of amides is 2. The molecule has 0 aromatic heterocycles. The van der Waals surface area contributed by atoms with Crippen molar-refractivity contribution in [3.63, 3.8) is 0 Å². The smallest absolute Gasteiger partial charge is 0.243 e. The molecule has 0 bridgehead atoms. The topological polar surface area (TPSA) is 97.9 Å². The van der Waals surface area contributed by atoms with E-state index < -0.39 is 0 Å². The monoisotopic (exact) mass is 399 g/mol. The Morgan fingerprint density at radius 2 is 1.43 bits per heavy atom. The first-order valence-electron chi connectivity index (χ1n) is 9.81. The summed E-state index contributed by atoms with van der Waals surface area (Å²) in [6.45, 7) is 12.8. The highest BCUT2D eigenvalue weighted by Crippen LogP contribution is 2.07. The van der Waals surface area contributed by atoms with Crippen LogP contribution in [0.3, 0.4) is 0 Å². The Balaban J connectivity index is 4.16. The van der Waals surface area contributed by atoms with Gasteiger partial charge in [0.1, 0.15) is 6.10 Å². The van der Waals surface area contributed by atoms with Crippen molar-refractivity contribution in [3.8, 4) is 0 Å². The average molecular weight is 400 g/mol. The van der Waals surface area contributed by atoms with Crippen LogP contribution in [-0.2, 0) is 23.8 Å². The van der Waals surface area contributed by atoms with E-state index in [1.165, 1.54) is 12.2 Å². The van der Waals surface area contributed by atoms with E-state index in [0.29, 0.717) is 52.4 Å². The highest BCUT2D eigenvalue weighted by molar-refractivity contribution is 5.87. The lowest BCUT2D eigenvalue weighted by Gasteiger charge is -2.25. The van der Waals surface area contributed by atoms with Gasteiger partial charge in [0, 0.05) is 32.9 Å². The molecule has 0 aromatic carbocycles. The van der Waals surface area contributed by atoms with Gasteiger partial charge in [0.25, 0.3) is 0 Å². The molecular formula is C20H37N3O5. The molecule has 0 aliphatic carbocycles. The zero-order chi connectivity index (χ0) is 21.0. The Morgan fingerprint density at radius 3 is 1.96 bits per heavy atom. The van der Waals surface area contributed by atoms with E-state index in [0.717, 1.165) is 13.0 Å². The summed E-state index contributed by atoms with van der Waals surface area (Å²) < 4.78 is 17.5. The predicted octanol–water partition coefficient (Wildman–Crippen LogP) is 0.787. The zero-order valence-electron chi connectivity index (χ0n) is 17.3. The number of rotatable bonds is 19. The second-order valence-corrected chi connectivity index (χ2v) is 6.21. The van der Waals surface area contributed by atoms with Crippen LogP contribution in [-0.4, -0.2) is 77.1 Å². The van der Waals surface area contributed by atoms with Crippen LogP contribution in [0.25, 0.3) is 0 Å². The Labute approximate surface area is 169 Å². The van der Waals surface area contributed by atoms with Crippen molar-refractivity contribution >= 4 is 11.8 Å². The van der Waals surface area contributed by atoms with Gasteiger partial charge in [-0.15, -0.1) is 0 Å². The summed E-state index contributed by atoms with van der Waals surface area (Å²) in [5.74, 6) is -0.377. The second-order valence-electron chi connectivity index (χ2n) is 6.21. The molecule has 0 radical (unpaired) electrons. The van der Waals surface area contributed by atoms with Crippen LogP contribution in [0, 0.1) is 0 Å². The molecule has 0 spiro atoms. The number of carbonyl (C=O) groups is 2. The summed E-state index contributed by atoms with van der Waals surface area (Å²) in [6, 6.07) is 0. The summed E-state index contributed by atoms with van der Waals surface area (Å²) in [6.07, 6.45) is 4.46. The van der Waals surface area contributed by atoms with E-state index in [-0.39, 0.29) is 24.0 Å². The number of carbonyl (C=O) groups excluding carboxylic acids is 2. The molecule has 0 aliphatic rings. The third-order valence-electron chi connectivity index (χ3n) is 3.85. The fourth-order valence-corrected chi connectivity index (χ4v) is 2.19. The SMILES string of the molecule is C=CC(=O)NCCCOC(C)C(COCCCNC)OCCCNC(=O)C=C. The van der Waals surface area contributed by atoms with Gasteiger partial charge in [-0.2, -0.15) is 0 Å². The lowest BCUT2D eigenvalue weighted by molar-refractivity contribution is -0.117. The molecule has 0 heterocycles. The summed E-state index contributed by atoms with van der Waals surface area (Å²) in [7, 11) is 1.91. The van der Waals surface area contributed by atoms with Gasteiger partial charge in [-0.25, -0.2) is 0 Å². The van der Waals surface area contributed by atoms with Gasteiger partial charge in [-0.1, -0.05) is 13.2 Å². The third-order valence-corrected chi connectivity index (χ3v) is 3.85. The highest BCUT2D eigenvalue weighted by Gasteiger charge is 2.19. The van der Waals surface area contributed by atoms with Crippen LogP contribution in [0.2, 0.25) is 0 Å². The van der Waals surface area contributed by atoms with Gasteiger partial charge < -0.3 is 30.2 Å². The Bertz CT molecular complexity index is 446. The second kappa shape index (κ2) is 18.6. The van der Waals surface area contributed by atoms with Gasteiger partial charge >= 0.3 is 0 Å². The minimum absolute atomic E-state index is 0.151. The molecule has 0 saturated heterocycles. The maximum atomic E-state index is 11.1. The minimum atomic E-state index is -0.201. The van der Waals surface area contributed by atoms with Crippen molar-refractivity contribution in [3.05, 3.63) is 25.3 Å². The summed E-state index contributed by atoms with van der Waals surface area (Å²) in [4.78, 5) is 22.2. The molecule has 2 amide bonds. The Kier molecular flexibility index (Phi) is 17.5. The fraction of sp³-hybridized carbons (Fsp3) is 0.700. The minimum Gasteiger partial charge on any atom is -0.379 e. The number of hydrogen-bond donors (Lipinski definition) is 3. The van der Waals surface area contributed by atoms with Crippen LogP contribution in [0.4, 0.5) is 0 Å². The largest absolute Gasteiger partial charge is 0.379 e. The maximum Gasteiger partial charge on any atom is 0.243 e. The standard InChI is InChI=1S/C20H37N3O5/c1-5-19(24)22-11-8-14-27-17(3)18(16-26-13-7-10-21-4)28-15-9-12-23-20(25)6-2/h5-6,17-18,21H,1-2,7-16H2,3-4H3,(H,22,24)(H,23,25). The van der Waals surface area contributed by atoms with E-state index in [1.54, 1.807) is 0 Å². The van der Waals surface area contributed by atoms with Crippen molar-refractivity contribution in [1.82, 2.24) is 16.0 Å². The number of nitrogens with one attached hydrogen (secondary N) is 3. The van der Waals surface area contributed by atoms with Crippen LogP contribution < -0.4 is 16.0 Å². The molecule has 0 aliphatic heterocycles. The van der Waals surface area contributed by atoms with E-state index in [9.17, 15) is 9.59 Å². The molecule has 0 fully saturated rings. The maximum absolute atomic E-state index is 11.1. The first kappa shape index (κ1) is 26.3. The van der Waals surface area contributed by atoms with Gasteiger partial charge in [0.15, 0.2) is 0 Å². The first-order chi connectivity index (χ1) is 13.5. The van der Waals surface area contributed by atoms with Gasteiger partial charge in [-0.05, 0) is 51.9 Å². The molecule has 28 heavy (non-hydrogen) atoms. The third kappa shape index (κ3) is 15.3. The van der Waals surface area contributed by atoms with Crippen LogP contribution in [0.5, 0.6) is 0 Å². The van der Waals surface area contributed by atoms with Crippen molar-refractivity contribution in [2.24, 2.45) is 0 Å². The molecule has 0 aromatic rings. The first-order valence-corrected chi connectivity index (χ1v) is 9.81. The molecule has 8 nitrogen and oxygen atoms in total. The van der Waals surface area contributed by atoms with Crippen molar-refractivity contribution in [2.45, 2.75) is 38.4 Å². The molecule has 2 unspecified atom stereocenters. The van der Waals surface area contributed by atoms with Crippen LogP contribution in [0.15, 0.2) is 25.3 Å². The Morgan fingerprint density at radius 1 is 0.893 bits per heavy atom. The van der Waals surface area contributed by atoms with Gasteiger partial charge in [-0.3, -0.25) is 9.59 Å². The van der Waals surface area contributed by atoms with E-state index >= 15 is 0 Å². The highest BCUT2D eigenvalue weighted by atomic mass is 16.6. The lowest BCUT2D eigenvalue weighted by atomic mass is 10.2. The average Bonchev–Trinajstić information content (AvgIpc) is 2.70. The predicted molar refractivity (Wildman–Crippen MR) is 110 cm³/mol. The Hall–Kier alpha value is -1.74. The summed E-state index contributed by atoms with van der Waals surface area (Å²) in [5, 5.41) is 8.51. The molecule has 162 valence electrons. The quantitative estimate of drug-likeness (QED) is 0.219. The molecule has 0 saturated carbocycles. The number of hydrogen-bond acceptors (Lipinski definition) is 6. The molecule has 2 atom stereocenters.